The van der Waals surface area contributed by atoms with Gasteiger partial charge in [-0.25, -0.2) is 4.79 Å². The van der Waals surface area contributed by atoms with Crippen LogP contribution < -0.4 is 0 Å². The summed E-state index contributed by atoms with van der Waals surface area (Å²) in [6.45, 7) is 6.71. The number of rotatable bonds is 9. The van der Waals surface area contributed by atoms with Crippen LogP contribution in [0.15, 0.2) is 72.5 Å². The molecule has 0 fully saturated rings. The van der Waals surface area contributed by atoms with Crippen molar-refractivity contribution in [2.45, 2.75) is 57.9 Å². The predicted octanol–water partition coefficient (Wildman–Crippen LogP) is 4.95. The van der Waals surface area contributed by atoms with E-state index in [4.69, 9.17) is 23.7 Å². The lowest BCUT2D eigenvalue weighted by Gasteiger charge is -2.34. The molecule has 2 aromatic carbocycles. The topological polar surface area (TPSA) is 63.2 Å². The van der Waals surface area contributed by atoms with E-state index in [1.54, 1.807) is 6.08 Å². The minimum absolute atomic E-state index is 0.0926. The molecule has 0 radical (unpaired) electrons. The van der Waals surface area contributed by atoms with Gasteiger partial charge < -0.3 is 23.7 Å². The Hall–Kier alpha value is -2.67. The van der Waals surface area contributed by atoms with Crippen LogP contribution in [0.5, 0.6) is 0 Å². The molecule has 0 unspecified atom stereocenters. The summed E-state index contributed by atoms with van der Waals surface area (Å²) in [5.74, 6) is -0.465. The number of benzene rings is 2. The van der Waals surface area contributed by atoms with E-state index in [-0.39, 0.29) is 23.6 Å². The SMILES string of the molecule is COC(=O)C1=C[C@@H](OC(C)(C)C)C[C@@H](O[C@@H](COCc2ccccc2)c2ccccc2)O1. The van der Waals surface area contributed by atoms with Gasteiger partial charge in [0.15, 0.2) is 0 Å². The summed E-state index contributed by atoms with van der Waals surface area (Å²) < 4.78 is 29.0. The second kappa shape index (κ2) is 11.3. The van der Waals surface area contributed by atoms with Crippen molar-refractivity contribution in [3.8, 4) is 0 Å². The van der Waals surface area contributed by atoms with Gasteiger partial charge in [0.2, 0.25) is 12.0 Å². The molecule has 172 valence electrons. The molecule has 0 bridgehead atoms. The third-order valence-electron chi connectivity index (χ3n) is 4.78. The molecule has 3 atom stereocenters. The van der Waals surface area contributed by atoms with Crippen LogP contribution >= 0.6 is 0 Å². The molecule has 0 N–H and O–H groups in total. The molecule has 3 rings (SSSR count). The lowest BCUT2D eigenvalue weighted by molar-refractivity contribution is -0.200. The fraction of sp³-hybridized carbons (Fsp3) is 0.423. The smallest absolute Gasteiger partial charge is 0.373 e. The van der Waals surface area contributed by atoms with E-state index in [1.807, 2.05) is 81.4 Å². The summed E-state index contributed by atoms with van der Waals surface area (Å²) >= 11 is 0. The summed E-state index contributed by atoms with van der Waals surface area (Å²) in [4.78, 5) is 12.2. The van der Waals surface area contributed by atoms with E-state index in [1.165, 1.54) is 7.11 Å². The molecule has 1 aliphatic heterocycles. The zero-order valence-corrected chi connectivity index (χ0v) is 19.2. The first kappa shape index (κ1) is 24.0. The van der Waals surface area contributed by atoms with E-state index >= 15 is 0 Å². The molecule has 0 spiro atoms. The fourth-order valence-electron chi connectivity index (χ4n) is 3.41. The number of ether oxygens (including phenoxy) is 5. The summed E-state index contributed by atoms with van der Waals surface area (Å²) in [7, 11) is 1.32. The van der Waals surface area contributed by atoms with Crippen LogP contribution in [0.1, 0.15) is 44.4 Å². The highest BCUT2D eigenvalue weighted by molar-refractivity contribution is 5.86. The highest BCUT2D eigenvalue weighted by atomic mass is 16.7. The molecule has 1 aliphatic rings. The number of carbonyl (C=O) groups excluding carboxylic acids is 1. The Balaban J connectivity index is 1.72. The zero-order chi connectivity index (χ0) is 23.0. The van der Waals surface area contributed by atoms with Crippen molar-refractivity contribution in [2.75, 3.05) is 13.7 Å². The molecule has 0 aromatic heterocycles. The first-order valence-electron chi connectivity index (χ1n) is 10.8. The van der Waals surface area contributed by atoms with Crippen molar-refractivity contribution >= 4 is 5.97 Å². The molecule has 0 amide bonds. The molecule has 0 aliphatic carbocycles. The Labute approximate surface area is 190 Å². The normalized spacial score (nSPS) is 19.6. The molecular formula is C26H32O6. The van der Waals surface area contributed by atoms with Gasteiger partial charge in [-0.3, -0.25) is 0 Å². The number of methoxy groups -OCH3 is 1. The van der Waals surface area contributed by atoms with Crippen molar-refractivity contribution in [2.24, 2.45) is 0 Å². The Kier molecular flexibility index (Phi) is 8.45. The second-order valence-electron chi connectivity index (χ2n) is 8.61. The molecule has 2 aromatic rings. The maximum Gasteiger partial charge on any atom is 0.373 e. The van der Waals surface area contributed by atoms with Gasteiger partial charge in [-0.1, -0.05) is 60.7 Å². The fourth-order valence-corrected chi connectivity index (χ4v) is 3.41. The van der Waals surface area contributed by atoms with Gasteiger partial charge in [0.25, 0.3) is 0 Å². The lowest BCUT2D eigenvalue weighted by atomic mass is 10.1. The average molecular weight is 441 g/mol. The maximum absolute atomic E-state index is 12.2. The van der Waals surface area contributed by atoms with Gasteiger partial charge in [-0.15, -0.1) is 0 Å². The predicted molar refractivity (Wildman–Crippen MR) is 121 cm³/mol. The van der Waals surface area contributed by atoms with Gasteiger partial charge in [-0.05, 0) is 38.0 Å². The summed E-state index contributed by atoms with van der Waals surface area (Å²) in [5.41, 5.74) is 1.66. The lowest BCUT2D eigenvalue weighted by Crippen LogP contribution is -2.36. The molecule has 0 saturated heterocycles. The van der Waals surface area contributed by atoms with Crippen LogP contribution in [0.4, 0.5) is 0 Å². The summed E-state index contributed by atoms with van der Waals surface area (Å²) in [5, 5.41) is 0. The van der Waals surface area contributed by atoms with Crippen LogP contribution in [-0.2, 0) is 35.1 Å². The van der Waals surface area contributed by atoms with Gasteiger partial charge in [0, 0.05) is 6.42 Å². The van der Waals surface area contributed by atoms with Crippen molar-refractivity contribution in [1.82, 2.24) is 0 Å². The highest BCUT2D eigenvalue weighted by Gasteiger charge is 2.33. The van der Waals surface area contributed by atoms with E-state index in [0.717, 1.165) is 11.1 Å². The zero-order valence-electron chi connectivity index (χ0n) is 19.2. The average Bonchev–Trinajstić information content (AvgIpc) is 2.78. The minimum Gasteiger partial charge on any atom is -0.463 e. The first-order valence-corrected chi connectivity index (χ1v) is 10.8. The number of hydrogen-bond donors (Lipinski definition) is 0. The van der Waals surface area contributed by atoms with E-state index in [9.17, 15) is 4.79 Å². The summed E-state index contributed by atoms with van der Waals surface area (Å²) in [6, 6.07) is 19.8. The van der Waals surface area contributed by atoms with Crippen molar-refractivity contribution < 1.29 is 28.5 Å². The monoisotopic (exact) mass is 440 g/mol. The van der Waals surface area contributed by atoms with Crippen LogP contribution in [0, 0.1) is 0 Å². The molecule has 6 heteroatoms. The Morgan fingerprint density at radius 3 is 2.34 bits per heavy atom. The Morgan fingerprint density at radius 1 is 1.06 bits per heavy atom. The largest absolute Gasteiger partial charge is 0.463 e. The number of esters is 1. The van der Waals surface area contributed by atoms with Crippen LogP contribution in [0.25, 0.3) is 0 Å². The molecule has 6 nitrogen and oxygen atoms in total. The van der Waals surface area contributed by atoms with Crippen LogP contribution in [-0.4, -0.2) is 37.7 Å². The van der Waals surface area contributed by atoms with Crippen molar-refractivity contribution in [3.63, 3.8) is 0 Å². The molecular weight excluding hydrogens is 408 g/mol. The van der Waals surface area contributed by atoms with E-state index < -0.39 is 12.3 Å². The molecule has 0 saturated carbocycles. The summed E-state index contributed by atoms with van der Waals surface area (Å²) in [6.07, 6.45) is 0.689. The van der Waals surface area contributed by atoms with Gasteiger partial charge >= 0.3 is 5.97 Å². The van der Waals surface area contributed by atoms with E-state index in [0.29, 0.717) is 19.6 Å². The number of carbonyl (C=O) groups is 1. The van der Waals surface area contributed by atoms with Crippen LogP contribution in [0.2, 0.25) is 0 Å². The van der Waals surface area contributed by atoms with Crippen molar-refractivity contribution in [3.05, 3.63) is 83.6 Å². The Morgan fingerprint density at radius 2 is 1.72 bits per heavy atom. The third kappa shape index (κ3) is 7.48. The number of hydrogen-bond acceptors (Lipinski definition) is 6. The first-order chi connectivity index (χ1) is 15.3. The quantitative estimate of drug-likeness (QED) is 0.514. The highest BCUT2D eigenvalue weighted by Crippen LogP contribution is 2.29. The van der Waals surface area contributed by atoms with E-state index in [2.05, 4.69) is 0 Å². The van der Waals surface area contributed by atoms with Crippen molar-refractivity contribution in [1.29, 1.82) is 0 Å². The van der Waals surface area contributed by atoms with Gasteiger partial charge in [-0.2, -0.15) is 0 Å². The van der Waals surface area contributed by atoms with Gasteiger partial charge in [0.1, 0.15) is 6.10 Å². The van der Waals surface area contributed by atoms with Crippen LogP contribution in [0.3, 0.4) is 0 Å². The maximum atomic E-state index is 12.2. The standard InChI is InChI=1S/C26H32O6/c1-26(2,3)32-21-15-22(25(27)28-4)30-24(16-21)31-23(20-13-9-6-10-14-20)18-29-17-19-11-7-5-8-12-19/h5-15,21,23-24H,16-18H2,1-4H3/t21-,23+,24-/m1/s1. The second-order valence-corrected chi connectivity index (χ2v) is 8.61. The minimum atomic E-state index is -0.688. The molecule has 1 heterocycles. The Bertz CT molecular complexity index is 872. The van der Waals surface area contributed by atoms with Gasteiger partial charge in [0.05, 0.1) is 32.0 Å². The third-order valence-corrected chi connectivity index (χ3v) is 4.78. The molecule has 32 heavy (non-hydrogen) atoms.